The minimum absolute atomic E-state index is 0.899. The molecule has 0 aliphatic rings. The Hall–Kier alpha value is -6.68. The Morgan fingerprint density at radius 3 is 1.91 bits per heavy atom. The molecule has 0 fully saturated rings. The molecule has 0 saturated heterocycles. The van der Waals surface area contributed by atoms with Crippen molar-refractivity contribution in [1.29, 1.82) is 0 Å². The lowest BCUT2D eigenvalue weighted by Crippen LogP contribution is -2.09. The van der Waals surface area contributed by atoms with E-state index in [1.807, 2.05) is 17.4 Å². The molecule has 11 rings (SSSR count). The highest BCUT2D eigenvalue weighted by molar-refractivity contribution is 7.25. The Morgan fingerprint density at radius 2 is 1.02 bits per heavy atom. The van der Waals surface area contributed by atoms with Crippen molar-refractivity contribution < 1.29 is 4.42 Å². The largest absolute Gasteiger partial charge is 0.455 e. The Balaban J connectivity index is 1.03. The Kier molecular flexibility index (Phi) is 6.76. The first-order valence-corrected chi connectivity index (χ1v) is 18.8. The van der Waals surface area contributed by atoms with Crippen molar-refractivity contribution >= 4 is 92.1 Å². The number of nitrogens with zero attached hydrogens (tertiary/aromatic N) is 1. The van der Waals surface area contributed by atoms with Crippen LogP contribution in [0.25, 0.3) is 85.9 Å². The predicted octanol–water partition coefficient (Wildman–Crippen LogP) is 15.1. The van der Waals surface area contributed by atoms with E-state index in [4.69, 9.17) is 4.42 Å². The fourth-order valence-electron chi connectivity index (χ4n) is 8.07. The van der Waals surface area contributed by atoms with Crippen LogP contribution in [0.5, 0.6) is 0 Å². The Labute approximate surface area is 310 Å². The highest BCUT2D eigenvalue weighted by atomic mass is 32.1. The van der Waals surface area contributed by atoms with Crippen molar-refractivity contribution in [2.75, 3.05) is 4.90 Å². The van der Waals surface area contributed by atoms with E-state index in [9.17, 15) is 0 Å². The lowest BCUT2D eigenvalue weighted by atomic mass is 9.99. The smallest absolute Gasteiger partial charge is 0.143 e. The molecule has 11 aromatic rings. The number of para-hydroxylation sites is 1. The maximum atomic E-state index is 6.48. The molecule has 53 heavy (non-hydrogen) atoms. The molecule has 0 bridgehead atoms. The Bertz CT molecular complexity index is 3170. The first-order valence-electron chi connectivity index (χ1n) is 18.0. The van der Waals surface area contributed by atoms with Crippen LogP contribution in [0.3, 0.4) is 0 Å². The van der Waals surface area contributed by atoms with Crippen LogP contribution in [0, 0.1) is 0 Å². The zero-order valence-electron chi connectivity index (χ0n) is 28.7. The minimum atomic E-state index is 0.899. The Morgan fingerprint density at radius 1 is 0.358 bits per heavy atom. The molecule has 2 aromatic heterocycles. The van der Waals surface area contributed by atoms with Crippen LogP contribution in [0.4, 0.5) is 17.1 Å². The number of anilines is 3. The average molecular weight is 694 g/mol. The molecule has 0 spiro atoms. The molecule has 0 saturated carbocycles. The highest BCUT2D eigenvalue weighted by Crippen LogP contribution is 2.43. The fraction of sp³-hybridized carbons (Fsp3) is 0. The van der Waals surface area contributed by atoms with E-state index < -0.39 is 0 Å². The number of fused-ring (bicyclic) bond motifs is 9. The van der Waals surface area contributed by atoms with E-state index in [0.717, 1.165) is 61.3 Å². The lowest BCUT2D eigenvalue weighted by Gasteiger charge is -2.26. The summed E-state index contributed by atoms with van der Waals surface area (Å²) >= 11 is 1.85. The molecule has 0 amide bonds. The molecule has 0 N–H and O–H groups in total. The summed E-state index contributed by atoms with van der Waals surface area (Å²) in [6.07, 6.45) is 0. The van der Waals surface area contributed by atoms with E-state index >= 15 is 0 Å². The van der Waals surface area contributed by atoms with Gasteiger partial charge in [-0.1, -0.05) is 133 Å². The van der Waals surface area contributed by atoms with Gasteiger partial charge in [0.15, 0.2) is 0 Å². The molecule has 0 atom stereocenters. The van der Waals surface area contributed by atoms with Crippen LogP contribution >= 0.6 is 11.3 Å². The second kappa shape index (κ2) is 11.9. The van der Waals surface area contributed by atoms with Gasteiger partial charge in [-0.25, -0.2) is 0 Å². The standard InChI is InChI=1S/C50H31NOS/c1-2-9-33(10-3-1)42-14-8-15-45-46-30-35(21-28-47(46)52-50(42)45)32-19-22-37(23-20-32)51(39-25-27-44-43-13-6-7-16-48(43)53-49(44)31-39)38-24-26-41-36(29-38)18-17-34-11-4-5-12-40(34)41/h1-31H. The van der Waals surface area contributed by atoms with Gasteiger partial charge in [-0.15, -0.1) is 11.3 Å². The summed E-state index contributed by atoms with van der Waals surface area (Å²) in [7, 11) is 0. The summed E-state index contributed by atoms with van der Waals surface area (Å²) in [4.78, 5) is 2.39. The van der Waals surface area contributed by atoms with Gasteiger partial charge in [0.2, 0.25) is 0 Å². The van der Waals surface area contributed by atoms with Crippen LogP contribution in [-0.4, -0.2) is 0 Å². The fourth-order valence-corrected chi connectivity index (χ4v) is 9.21. The van der Waals surface area contributed by atoms with E-state index in [2.05, 4.69) is 187 Å². The maximum absolute atomic E-state index is 6.48. The predicted molar refractivity (Wildman–Crippen MR) is 227 cm³/mol. The minimum Gasteiger partial charge on any atom is -0.455 e. The van der Waals surface area contributed by atoms with Gasteiger partial charge in [0.1, 0.15) is 11.2 Å². The zero-order chi connectivity index (χ0) is 34.9. The molecule has 0 radical (unpaired) electrons. The van der Waals surface area contributed by atoms with Crippen molar-refractivity contribution in [2.24, 2.45) is 0 Å². The first kappa shape index (κ1) is 30.0. The molecule has 0 aliphatic carbocycles. The summed E-state index contributed by atoms with van der Waals surface area (Å²) in [5.41, 5.74) is 9.79. The van der Waals surface area contributed by atoms with Crippen molar-refractivity contribution in [3.8, 4) is 22.3 Å². The number of furan rings is 1. The molecule has 0 aliphatic heterocycles. The van der Waals surface area contributed by atoms with Crippen molar-refractivity contribution in [1.82, 2.24) is 0 Å². The third-order valence-corrected chi connectivity index (χ3v) is 11.8. The van der Waals surface area contributed by atoms with Crippen LogP contribution in [0.2, 0.25) is 0 Å². The van der Waals surface area contributed by atoms with Gasteiger partial charge in [0, 0.05) is 53.6 Å². The number of rotatable bonds is 5. The van der Waals surface area contributed by atoms with Crippen molar-refractivity contribution in [2.45, 2.75) is 0 Å². The summed E-state index contributed by atoms with van der Waals surface area (Å²) in [6, 6.07) is 68.0. The van der Waals surface area contributed by atoms with Crippen molar-refractivity contribution in [3.63, 3.8) is 0 Å². The van der Waals surface area contributed by atoms with Gasteiger partial charge < -0.3 is 9.32 Å². The third-order valence-electron chi connectivity index (χ3n) is 10.6. The number of hydrogen-bond donors (Lipinski definition) is 0. The van der Waals surface area contributed by atoms with E-state index in [0.29, 0.717) is 0 Å². The molecule has 2 nitrogen and oxygen atoms in total. The van der Waals surface area contributed by atoms with Gasteiger partial charge in [0.25, 0.3) is 0 Å². The number of hydrogen-bond acceptors (Lipinski definition) is 3. The van der Waals surface area contributed by atoms with Crippen molar-refractivity contribution in [3.05, 3.63) is 188 Å². The number of thiophene rings is 1. The van der Waals surface area contributed by atoms with E-state index in [-0.39, 0.29) is 0 Å². The molecular weight excluding hydrogens is 663 g/mol. The molecule has 248 valence electrons. The second-order valence-electron chi connectivity index (χ2n) is 13.7. The molecule has 9 aromatic carbocycles. The highest BCUT2D eigenvalue weighted by Gasteiger charge is 2.17. The summed E-state index contributed by atoms with van der Waals surface area (Å²) in [6.45, 7) is 0. The SMILES string of the molecule is c1ccc(-c2cccc3c2oc2ccc(-c4ccc(N(c5ccc6c(ccc7ccccc76)c5)c5ccc6c(c5)sc5ccccc56)cc4)cc23)cc1. The lowest BCUT2D eigenvalue weighted by molar-refractivity contribution is 0.670. The molecule has 0 unspecified atom stereocenters. The van der Waals surface area contributed by atoms with Crippen LogP contribution in [-0.2, 0) is 0 Å². The van der Waals surface area contributed by atoms with Gasteiger partial charge in [-0.05, 0) is 92.8 Å². The van der Waals surface area contributed by atoms with Gasteiger partial charge in [-0.3, -0.25) is 0 Å². The molecule has 2 heterocycles. The summed E-state index contributed by atoms with van der Waals surface area (Å²) < 4.78 is 9.07. The van der Waals surface area contributed by atoms with Crippen LogP contribution < -0.4 is 4.90 Å². The number of benzene rings is 9. The van der Waals surface area contributed by atoms with Gasteiger partial charge >= 0.3 is 0 Å². The zero-order valence-corrected chi connectivity index (χ0v) is 29.5. The van der Waals surface area contributed by atoms with E-state index in [1.54, 1.807) is 0 Å². The van der Waals surface area contributed by atoms with Gasteiger partial charge in [0.05, 0.1) is 0 Å². The van der Waals surface area contributed by atoms with Crippen LogP contribution in [0.15, 0.2) is 192 Å². The van der Waals surface area contributed by atoms with Crippen LogP contribution in [0.1, 0.15) is 0 Å². The maximum Gasteiger partial charge on any atom is 0.143 e. The molecular formula is C50H31NOS. The van der Waals surface area contributed by atoms with E-state index in [1.165, 1.54) is 41.7 Å². The first-order chi connectivity index (χ1) is 26.2. The monoisotopic (exact) mass is 693 g/mol. The van der Waals surface area contributed by atoms with Gasteiger partial charge in [-0.2, -0.15) is 0 Å². The quantitative estimate of drug-likeness (QED) is 0.167. The topological polar surface area (TPSA) is 16.4 Å². The molecule has 3 heteroatoms. The summed E-state index contributed by atoms with van der Waals surface area (Å²) in [5, 5.41) is 9.89. The average Bonchev–Trinajstić information content (AvgIpc) is 3.79. The summed E-state index contributed by atoms with van der Waals surface area (Å²) in [5.74, 6) is 0. The second-order valence-corrected chi connectivity index (χ2v) is 14.8. The normalized spacial score (nSPS) is 11.8. The third kappa shape index (κ3) is 4.93.